The topological polar surface area (TPSA) is 86.0 Å². The quantitative estimate of drug-likeness (QED) is 0.280. The predicted octanol–water partition coefficient (Wildman–Crippen LogP) is 6.32. The standard InChI is InChI=1S/C31H24N4/c32-20-21-10-12-22(13-11-21)23-14-16-24(17-15-23)28-18-26-8-4-5-9-27(26)19-29(28)31(34)35-30(33)25-6-2-1-3-7-25/h1-18,29H,19H2,(H3,33,34,35). The number of amidine groups is 2. The third kappa shape index (κ3) is 4.66. The van der Waals surface area contributed by atoms with Gasteiger partial charge in [0.2, 0.25) is 0 Å². The summed E-state index contributed by atoms with van der Waals surface area (Å²) in [6.45, 7) is 0. The minimum Gasteiger partial charge on any atom is -0.383 e. The molecule has 0 radical (unpaired) electrons. The molecule has 1 unspecified atom stereocenters. The second-order valence-electron chi connectivity index (χ2n) is 8.57. The molecule has 0 aliphatic heterocycles. The molecule has 0 heterocycles. The summed E-state index contributed by atoms with van der Waals surface area (Å²) in [4.78, 5) is 4.51. The Morgan fingerprint density at radius 3 is 2.09 bits per heavy atom. The summed E-state index contributed by atoms with van der Waals surface area (Å²) < 4.78 is 0. The van der Waals surface area contributed by atoms with Crippen LogP contribution in [0, 0.1) is 22.7 Å². The summed E-state index contributed by atoms with van der Waals surface area (Å²) in [5.74, 6) is 0.404. The fraction of sp³-hybridized carbons (Fsp3) is 0.0645. The summed E-state index contributed by atoms with van der Waals surface area (Å²) in [6.07, 6.45) is 2.87. The Balaban J connectivity index is 1.49. The van der Waals surface area contributed by atoms with E-state index in [4.69, 9.17) is 16.4 Å². The van der Waals surface area contributed by atoms with Crippen molar-refractivity contribution in [2.24, 2.45) is 16.6 Å². The van der Waals surface area contributed by atoms with Crippen LogP contribution in [0.25, 0.3) is 22.8 Å². The maximum Gasteiger partial charge on any atom is 0.132 e. The Morgan fingerprint density at radius 1 is 0.800 bits per heavy atom. The van der Waals surface area contributed by atoms with E-state index in [1.165, 1.54) is 11.1 Å². The zero-order valence-electron chi connectivity index (χ0n) is 19.1. The maximum absolute atomic E-state index is 9.05. The Labute approximate surface area is 205 Å². The van der Waals surface area contributed by atoms with Crippen molar-refractivity contribution in [3.63, 3.8) is 0 Å². The van der Waals surface area contributed by atoms with Crippen LogP contribution >= 0.6 is 0 Å². The van der Waals surface area contributed by atoms with E-state index in [1.807, 2.05) is 66.7 Å². The van der Waals surface area contributed by atoms with E-state index in [0.717, 1.165) is 27.8 Å². The molecule has 4 nitrogen and oxygen atoms in total. The van der Waals surface area contributed by atoms with E-state index in [1.54, 1.807) is 0 Å². The number of benzene rings is 4. The first-order chi connectivity index (χ1) is 17.1. The lowest BCUT2D eigenvalue weighted by atomic mass is 9.79. The third-order valence-electron chi connectivity index (χ3n) is 6.37. The summed E-state index contributed by atoms with van der Waals surface area (Å²) in [5, 5.41) is 17.9. The van der Waals surface area contributed by atoms with Crippen LogP contribution in [-0.2, 0) is 6.42 Å². The van der Waals surface area contributed by atoms with Crippen LogP contribution in [-0.4, -0.2) is 11.7 Å². The minimum atomic E-state index is -0.201. The summed E-state index contributed by atoms with van der Waals surface area (Å²) in [5.41, 5.74) is 14.3. The number of hydrogen-bond acceptors (Lipinski definition) is 2. The number of nitrogens with two attached hydrogens (primary N) is 1. The van der Waals surface area contributed by atoms with Gasteiger partial charge in [-0.15, -0.1) is 0 Å². The monoisotopic (exact) mass is 452 g/mol. The normalized spacial score (nSPS) is 15.0. The molecule has 1 aliphatic carbocycles. The van der Waals surface area contributed by atoms with Crippen molar-refractivity contribution in [3.8, 4) is 17.2 Å². The number of fused-ring (bicyclic) bond motifs is 1. The van der Waals surface area contributed by atoms with Crippen LogP contribution in [0.2, 0.25) is 0 Å². The molecule has 3 N–H and O–H groups in total. The lowest BCUT2D eigenvalue weighted by molar-refractivity contribution is 0.843. The van der Waals surface area contributed by atoms with Gasteiger partial charge in [-0.1, -0.05) is 97.1 Å². The van der Waals surface area contributed by atoms with Crippen molar-refractivity contribution < 1.29 is 0 Å². The molecule has 4 aromatic rings. The summed E-state index contributed by atoms with van der Waals surface area (Å²) in [6, 6.07) is 36.0. The Bertz CT molecular complexity index is 1470. The average Bonchev–Trinajstić information content (AvgIpc) is 2.93. The molecular formula is C31H24N4. The van der Waals surface area contributed by atoms with E-state index >= 15 is 0 Å². The van der Waals surface area contributed by atoms with Gasteiger partial charge in [-0.2, -0.15) is 5.26 Å². The number of rotatable bonds is 4. The van der Waals surface area contributed by atoms with Gasteiger partial charge in [0.15, 0.2) is 0 Å². The summed E-state index contributed by atoms with van der Waals surface area (Å²) in [7, 11) is 0. The highest BCUT2D eigenvalue weighted by atomic mass is 14.9. The highest BCUT2D eigenvalue weighted by Gasteiger charge is 2.26. The zero-order chi connectivity index (χ0) is 24.2. The van der Waals surface area contributed by atoms with Crippen LogP contribution < -0.4 is 5.73 Å². The zero-order valence-corrected chi connectivity index (χ0v) is 19.1. The molecule has 0 spiro atoms. The second kappa shape index (κ2) is 9.62. The number of nitrogens with zero attached hydrogens (tertiary/aromatic N) is 2. The molecule has 35 heavy (non-hydrogen) atoms. The van der Waals surface area contributed by atoms with Crippen molar-refractivity contribution in [3.05, 3.63) is 131 Å². The molecule has 0 saturated carbocycles. The van der Waals surface area contributed by atoms with Crippen LogP contribution in [0.15, 0.2) is 108 Å². The minimum absolute atomic E-state index is 0.201. The molecule has 1 atom stereocenters. The van der Waals surface area contributed by atoms with Crippen molar-refractivity contribution in [2.45, 2.75) is 6.42 Å². The molecule has 0 amide bonds. The molecule has 1 aliphatic rings. The number of hydrogen-bond donors (Lipinski definition) is 2. The molecule has 0 saturated heterocycles. The Kier molecular flexibility index (Phi) is 6.07. The van der Waals surface area contributed by atoms with E-state index in [-0.39, 0.29) is 11.8 Å². The van der Waals surface area contributed by atoms with Gasteiger partial charge in [-0.25, -0.2) is 4.99 Å². The summed E-state index contributed by atoms with van der Waals surface area (Å²) >= 11 is 0. The number of nitriles is 1. The molecule has 5 rings (SSSR count). The smallest absolute Gasteiger partial charge is 0.132 e. The average molecular weight is 453 g/mol. The predicted molar refractivity (Wildman–Crippen MR) is 143 cm³/mol. The van der Waals surface area contributed by atoms with E-state index in [2.05, 4.69) is 53.5 Å². The van der Waals surface area contributed by atoms with Gasteiger partial charge in [0.1, 0.15) is 11.7 Å². The lowest BCUT2D eigenvalue weighted by Crippen LogP contribution is -2.23. The fourth-order valence-electron chi connectivity index (χ4n) is 4.46. The van der Waals surface area contributed by atoms with Crippen molar-refractivity contribution >= 4 is 23.3 Å². The van der Waals surface area contributed by atoms with Gasteiger partial charge in [-0.05, 0) is 51.9 Å². The molecule has 168 valence electrons. The Morgan fingerprint density at radius 2 is 1.40 bits per heavy atom. The Hall–Kier alpha value is -4.75. The largest absolute Gasteiger partial charge is 0.383 e. The van der Waals surface area contributed by atoms with E-state index in [0.29, 0.717) is 17.8 Å². The highest BCUT2D eigenvalue weighted by molar-refractivity contribution is 6.09. The van der Waals surface area contributed by atoms with Crippen LogP contribution in [0.1, 0.15) is 27.8 Å². The van der Waals surface area contributed by atoms with Gasteiger partial charge in [0.05, 0.1) is 11.6 Å². The maximum atomic E-state index is 9.05. The van der Waals surface area contributed by atoms with Gasteiger partial charge in [-0.3, -0.25) is 5.41 Å². The molecule has 0 fully saturated rings. The number of nitrogens with one attached hydrogen (secondary N) is 1. The molecule has 0 aromatic heterocycles. The second-order valence-corrected chi connectivity index (χ2v) is 8.57. The molecule has 0 bridgehead atoms. The highest BCUT2D eigenvalue weighted by Crippen LogP contribution is 2.36. The van der Waals surface area contributed by atoms with E-state index < -0.39 is 0 Å². The SMILES string of the molecule is N#Cc1ccc(-c2ccc(C3=Cc4ccccc4CC3C(=N)/N=C(\N)c3ccccc3)cc2)cc1. The van der Waals surface area contributed by atoms with Crippen molar-refractivity contribution in [1.82, 2.24) is 0 Å². The van der Waals surface area contributed by atoms with Crippen LogP contribution in [0.4, 0.5) is 0 Å². The lowest BCUT2D eigenvalue weighted by Gasteiger charge is -2.26. The van der Waals surface area contributed by atoms with Gasteiger partial charge in [0, 0.05) is 11.5 Å². The van der Waals surface area contributed by atoms with Gasteiger partial charge in [0.25, 0.3) is 0 Å². The van der Waals surface area contributed by atoms with E-state index in [9.17, 15) is 0 Å². The van der Waals surface area contributed by atoms with Gasteiger partial charge >= 0.3 is 0 Å². The first kappa shape index (κ1) is 22.1. The first-order valence-electron chi connectivity index (χ1n) is 11.5. The van der Waals surface area contributed by atoms with Crippen molar-refractivity contribution in [1.29, 1.82) is 10.7 Å². The number of aliphatic imine (C=N–C) groups is 1. The third-order valence-corrected chi connectivity index (χ3v) is 6.37. The first-order valence-corrected chi connectivity index (χ1v) is 11.5. The molecular weight excluding hydrogens is 428 g/mol. The van der Waals surface area contributed by atoms with Crippen molar-refractivity contribution in [2.75, 3.05) is 0 Å². The molecule has 4 heteroatoms. The fourth-order valence-corrected chi connectivity index (χ4v) is 4.46. The van der Waals surface area contributed by atoms with Crippen LogP contribution in [0.3, 0.4) is 0 Å². The van der Waals surface area contributed by atoms with Gasteiger partial charge < -0.3 is 5.73 Å². The molecule has 4 aromatic carbocycles. The van der Waals surface area contributed by atoms with Crippen LogP contribution in [0.5, 0.6) is 0 Å².